The minimum absolute atomic E-state index is 0.413. The second kappa shape index (κ2) is 2.65. The molecule has 1 heterocycles. The zero-order chi connectivity index (χ0) is 9.42. The van der Waals surface area contributed by atoms with Crippen molar-refractivity contribution in [3.63, 3.8) is 0 Å². The fourth-order valence-corrected chi connectivity index (χ4v) is 1.31. The van der Waals surface area contributed by atoms with Crippen LogP contribution in [0.2, 0.25) is 0 Å². The average molecular weight is 175 g/mol. The molecule has 1 aliphatic rings. The molecule has 2 rings (SSSR count). The lowest BCUT2D eigenvalue weighted by Gasteiger charge is -2.10. The van der Waals surface area contributed by atoms with Crippen molar-refractivity contribution in [2.24, 2.45) is 9.98 Å². The highest BCUT2D eigenvalue weighted by molar-refractivity contribution is 5.78. The highest BCUT2D eigenvalue weighted by atomic mass is 16.2. The molecule has 1 aliphatic heterocycles. The van der Waals surface area contributed by atoms with E-state index in [1.54, 1.807) is 6.07 Å². The van der Waals surface area contributed by atoms with E-state index in [0.717, 1.165) is 5.69 Å². The van der Waals surface area contributed by atoms with Crippen molar-refractivity contribution < 1.29 is 4.79 Å². The number of carbonyl (C=O) groups excluding carboxylic acids is 1. The van der Waals surface area contributed by atoms with E-state index < -0.39 is 6.03 Å². The standard InChI is InChI=1S/C9H9N3O/c1-12(2)7-5-3-4-6-8(7)11-9(13)10-6/h3-5H,1-2H3. The van der Waals surface area contributed by atoms with Gasteiger partial charge in [-0.2, -0.15) is 9.98 Å². The molecule has 4 heteroatoms. The zero-order valence-corrected chi connectivity index (χ0v) is 7.48. The van der Waals surface area contributed by atoms with Crippen LogP contribution in [0.25, 0.3) is 0 Å². The number of rotatable bonds is 1. The Morgan fingerprint density at radius 3 is 2.69 bits per heavy atom. The summed E-state index contributed by atoms with van der Waals surface area (Å²) in [7, 11) is 3.82. The van der Waals surface area contributed by atoms with E-state index in [1.165, 1.54) is 0 Å². The molecule has 1 aromatic rings. The summed E-state index contributed by atoms with van der Waals surface area (Å²) in [5.41, 5.74) is 0.923. The molecule has 0 fully saturated rings. The number of nitrogens with zero attached hydrogens (tertiary/aromatic N) is 3. The Morgan fingerprint density at radius 2 is 2.00 bits per heavy atom. The van der Waals surface area contributed by atoms with Crippen LogP contribution >= 0.6 is 0 Å². The largest absolute Gasteiger partial charge is 0.376 e. The minimum Gasteiger partial charge on any atom is -0.376 e. The van der Waals surface area contributed by atoms with Gasteiger partial charge in [-0.05, 0) is 12.1 Å². The number of hydrogen-bond donors (Lipinski definition) is 0. The lowest BCUT2D eigenvalue weighted by atomic mass is 10.3. The van der Waals surface area contributed by atoms with Gasteiger partial charge in [-0.25, -0.2) is 4.79 Å². The lowest BCUT2D eigenvalue weighted by Crippen LogP contribution is -2.28. The molecule has 4 nitrogen and oxygen atoms in total. The third-order valence-corrected chi connectivity index (χ3v) is 1.90. The number of hydrogen-bond acceptors (Lipinski definition) is 2. The first kappa shape index (κ1) is 7.91. The minimum atomic E-state index is -0.413. The van der Waals surface area contributed by atoms with Gasteiger partial charge in [-0.3, -0.25) is 0 Å². The summed E-state index contributed by atoms with van der Waals surface area (Å²) in [6.07, 6.45) is 0. The van der Waals surface area contributed by atoms with Gasteiger partial charge in [-0.1, -0.05) is 6.07 Å². The molecule has 0 atom stereocenters. The normalized spacial score (nSPS) is 13.2. The third kappa shape index (κ3) is 1.20. The molecule has 0 aliphatic carbocycles. The van der Waals surface area contributed by atoms with Crippen LogP contribution in [-0.2, 0) is 0 Å². The Bertz CT molecular complexity index is 476. The summed E-state index contributed by atoms with van der Waals surface area (Å²) < 4.78 is 0. The SMILES string of the molecule is CN(C)c1cccc2c1=NC(=O)N=2. The quantitative estimate of drug-likeness (QED) is 0.608. The van der Waals surface area contributed by atoms with Crippen molar-refractivity contribution >= 4 is 11.7 Å². The van der Waals surface area contributed by atoms with E-state index in [2.05, 4.69) is 9.98 Å². The molecule has 0 unspecified atom stereocenters. The fourth-order valence-electron chi connectivity index (χ4n) is 1.31. The van der Waals surface area contributed by atoms with Crippen LogP contribution in [0.4, 0.5) is 10.5 Å². The number of para-hydroxylation sites is 1. The van der Waals surface area contributed by atoms with E-state index in [9.17, 15) is 4.79 Å². The van der Waals surface area contributed by atoms with E-state index in [4.69, 9.17) is 0 Å². The monoisotopic (exact) mass is 175 g/mol. The van der Waals surface area contributed by atoms with Crippen LogP contribution < -0.4 is 15.6 Å². The van der Waals surface area contributed by atoms with Gasteiger partial charge in [0.1, 0.15) is 5.36 Å². The first-order valence-corrected chi connectivity index (χ1v) is 3.96. The topological polar surface area (TPSA) is 45.0 Å². The second-order valence-electron chi connectivity index (χ2n) is 3.05. The molecule has 0 radical (unpaired) electrons. The molecule has 0 aromatic heterocycles. The summed E-state index contributed by atoms with van der Waals surface area (Å²) in [5.74, 6) is 0. The summed E-state index contributed by atoms with van der Waals surface area (Å²) >= 11 is 0. The average Bonchev–Trinajstić information content (AvgIpc) is 2.43. The molecule has 0 saturated carbocycles. The predicted molar refractivity (Wildman–Crippen MR) is 48.5 cm³/mol. The zero-order valence-electron chi connectivity index (χ0n) is 7.48. The summed E-state index contributed by atoms with van der Waals surface area (Å²) in [6, 6.07) is 5.16. The second-order valence-corrected chi connectivity index (χ2v) is 3.05. The summed E-state index contributed by atoms with van der Waals surface area (Å²) in [4.78, 5) is 20.4. The number of amides is 2. The lowest BCUT2D eigenvalue weighted by molar-refractivity contribution is 0.256. The van der Waals surface area contributed by atoms with Crippen molar-refractivity contribution in [1.29, 1.82) is 0 Å². The number of fused-ring (bicyclic) bond motifs is 1. The molecule has 0 bridgehead atoms. The Morgan fingerprint density at radius 1 is 1.23 bits per heavy atom. The number of anilines is 1. The maximum Gasteiger partial charge on any atom is 0.368 e. The maximum absolute atomic E-state index is 10.9. The third-order valence-electron chi connectivity index (χ3n) is 1.90. The molecule has 1 aromatic carbocycles. The first-order chi connectivity index (χ1) is 6.18. The van der Waals surface area contributed by atoms with Gasteiger partial charge < -0.3 is 4.90 Å². The van der Waals surface area contributed by atoms with E-state index in [1.807, 2.05) is 31.1 Å². The predicted octanol–water partition coefficient (Wildman–Crippen LogP) is 0.125. The Kier molecular flexibility index (Phi) is 1.62. The summed E-state index contributed by atoms with van der Waals surface area (Å²) in [5, 5.41) is 1.34. The Labute approximate surface area is 75.2 Å². The smallest absolute Gasteiger partial charge is 0.368 e. The molecule has 0 N–H and O–H groups in total. The molecule has 0 saturated heterocycles. The van der Waals surface area contributed by atoms with Crippen LogP contribution in [0.3, 0.4) is 0 Å². The molecular formula is C9H9N3O. The van der Waals surface area contributed by atoms with Crippen molar-refractivity contribution in [2.75, 3.05) is 19.0 Å². The van der Waals surface area contributed by atoms with E-state index in [-0.39, 0.29) is 0 Å². The fraction of sp³-hybridized carbons (Fsp3) is 0.222. The van der Waals surface area contributed by atoms with E-state index in [0.29, 0.717) is 10.7 Å². The van der Waals surface area contributed by atoms with Gasteiger partial charge in [0, 0.05) is 14.1 Å². The molecule has 66 valence electrons. The van der Waals surface area contributed by atoms with Gasteiger partial charge >= 0.3 is 6.03 Å². The van der Waals surface area contributed by atoms with Gasteiger partial charge in [0.2, 0.25) is 0 Å². The van der Waals surface area contributed by atoms with Gasteiger partial charge in [0.25, 0.3) is 0 Å². The molecular weight excluding hydrogens is 166 g/mol. The highest BCUT2D eigenvalue weighted by Gasteiger charge is 2.08. The molecule has 2 amide bonds. The summed E-state index contributed by atoms with van der Waals surface area (Å²) in [6.45, 7) is 0. The first-order valence-electron chi connectivity index (χ1n) is 3.96. The van der Waals surface area contributed by atoms with Crippen molar-refractivity contribution in [1.82, 2.24) is 0 Å². The van der Waals surface area contributed by atoms with Crippen LogP contribution in [-0.4, -0.2) is 20.1 Å². The van der Waals surface area contributed by atoms with Crippen LogP contribution in [0.1, 0.15) is 0 Å². The Hall–Kier alpha value is -1.71. The Balaban J connectivity index is 2.80. The molecule has 13 heavy (non-hydrogen) atoms. The van der Waals surface area contributed by atoms with Crippen molar-refractivity contribution in [3.05, 3.63) is 28.9 Å². The van der Waals surface area contributed by atoms with E-state index >= 15 is 0 Å². The van der Waals surface area contributed by atoms with Crippen LogP contribution in [0, 0.1) is 0 Å². The van der Waals surface area contributed by atoms with Gasteiger partial charge in [0.15, 0.2) is 0 Å². The van der Waals surface area contributed by atoms with Crippen LogP contribution in [0.5, 0.6) is 0 Å². The number of carbonyl (C=O) groups is 1. The number of benzene rings is 1. The van der Waals surface area contributed by atoms with Crippen molar-refractivity contribution in [2.45, 2.75) is 0 Å². The van der Waals surface area contributed by atoms with Gasteiger partial charge in [0.05, 0.1) is 11.0 Å². The van der Waals surface area contributed by atoms with Crippen molar-refractivity contribution in [3.8, 4) is 0 Å². The van der Waals surface area contributed by atoms with Crippen LogP contribution in [0.15, 0.2) is 28.2 Å². The highest BCUT2D eigenvalue weighted by Crippen LogP contribution is 2.01. The van der Waals surface area contributed by atoms with Gasteiger partial charge in [-0.15, -0.1) is 0 Å². The maximum atomic E-state index is 10.9. The number of urea groups is 1. The molecule has 0 spiro atoms.